The van der Waals surface area contributed by atoms with Gasteiger partial charge in [0.1, 0.15) is 11.5 Å². The Balaban J connectivity index is 2.33. The number of benzene rings is 2. The average molecular weight is 289 g/mol. The summed E-state index contributed by atoms with van der Waals surface area (Å²) in [5, 5.41) is 10.0. The summed E-state index contributed by atoms with van der Waals surface area (Å²) in [6, 6.07) is 9.70. The summed E-state index contributed by atoms with van der Waals surface area (Å²) >= 11 is 5.94. The Morgan fingerprint density at radius 3 is 2.16 bits per heavy atom. The molecule has 0 unspecified atom stereocenters. The van der Waals surface area contributed by atoms with Crippen LogP contribution in [-0.2, 0) is 0 Å². The third kappa shape index (κ3) is 3.32. The Kier molecular flexibility index (Phi) is 3.57. The molecule has 0 radical (unpaired) electrons. The molecule has 2 nitrogen and oxygen atoms in total. The van der Waals surface area contributed by atoms with E-state index in [1.54, 1.807) is 12.1 Å². The monoisotopic (exact) mass is 288 g/mol. The molecule has 0 saturated carbocycles. The second-order valence-electron chi connectivity index (χ2n) is 3.71. The molecule has 2 aromatic rings. The smallest absolute Gasteiger partial charge is 0.507 e. The van der Waals surface area contributed by atoms with Crippen molar-refractivity contribution in [2.24, 2.45) is 0 Å². The zero-order chi connectivity index (χ0) is 14.0. The molecule has 2 rings (SSSR count). The van der Waals surface area contributed by atoms with E-state index in [2.05, 4.69) is 4.74 Å². The molecule has 19 heavy (non-hydrogen) atoms. The van der Waals surface area contributed by atoms with Crippen molar-refractivity contribution in [1.29, 1.82) is 0 Å². The van der Waals surface area contributed by atoms with Crippen LogP contribution in [0.5, 0.6) is 11.5 Å². The van der Waals surface area contributed by atoms with E-state index in [9.17, 15) is 18.3 Å². The van der Waals surface area contributed by atoms with Crippen LogP contribution in [0.2, 0.25) is 5.02 Å². The minimum atomic E-state index is -4.73. The van der Waals surface area contributed by atoms with Crippen molar-refractivity contribution in [2.45, 2.75) is 6.36 Å². The fourth-order valence-corrected chi connectivity index (χ4v) is 1.90. The van der Waals surface area contributed by atoms with E-state index in [0.717, 1.165) is 12.1 Å². The Hall–Kier alpha value is -1.88. The minimum absolute atomic E-state index is 0.0445. The number of rotatable bonds is 2. The van der Waals surface area contributed by atoms with Crippen LogP contribution in [0.15, 0.2) is 42.5 Å². The average Bonchev–Trinajstić information content (AvgIpc) is 2.29. The zero-order valence-electron chi connectivity index (χ0n) is 9.41. The van der Waals surface area contributed by atoms with Crippen LogP contribution >= 0.6 is 11.6 Å². The summed E-state index contributed by atoms with van der Waals surface area (Å²) in [6.45, 7) is 0. The van der Waals surface area contributed by atoms with Crippen LogP contribution < -0.4 is 4.74 Å². The Bertz CT molecular complexity index is 559. The Morgan fingerprint density at radius 1 is 1.00 bits per heavy atom. The molecule has 0 spiro atoms. The highest BCUT2D eigenvalue weighted by molar-refractivity contribution is 6.33. The van der Waals surface area contributed by atoms with E-state index >= 15 is 0 Å². The van der Waals surface area contributed by atoms with Gasteiger partial charge in [-0.3, -0.25) is 0 Å². The van der Waals surface area contributed by atoms with E-state index in [-0.39, 0.29) is 11.5 Å². The lowest BCUT2D eigenvalue weighted by molar-refractivity contribution is -0.274. The SMILES string of the molecule is Oc1cccc(Cl)c1-c1ccc(OC(F)(F)F)cc1. The molecular formula is C13H8ClF3O2. The van der Waals surface area contributed by atoms with E-state index < -0.39 is 6.36 Å². The first-order valence-corrected chi connectivity index (χ1v) is 5.58. The van der Waals surface area contributed by atoms with Crippen molar-refractivity contribution in [2.75, 3.05) is 0 Å². The number of hydrogen-bond donors (Lipinski definition) is 1. The van der Waals surface area contributed by atoms with Crippen LogP contribution in [-0.4, -0.2) is 11.5 Å². The molecule has 0 fully saturated rings. The van der Waals surface area contributed by atoms with Gasteiger partial charge in [-0.05, 0) is 29.8 Å². The molecule has 100 valence electrons. The molecule has 0 aliphatic rings. The first-order valence-electron chi connectivity index (χ1n) is 5.20. The van der Waals surface area contributed by atoms with Crippen molar-refractivity contribution >= 4 is 11.6 Å². The maximum Gasteiger partial charge on any atom is 0.573 e. The number of ether oxygens (including phenoxy) is 1. The highest BCUT2D eigenvalue weighted by atomic mass is 35.5. The van der Waals surface area contributed by atoms with Gasteiger partial charge in [-0.25, -0.2) is 0 Å². The van der Waals surface area contributed by atoms with Gasteiger partial charge in [0.2, 0.25) is 0 Å². The fourth-order valence-electron chi connectivity index (χ4n) is 1.62. The van der Waals surface area contributed by atoms with Gasteiger partial charge in [-0.15, -0.1) is 13.2 Å². The molecule has 0 heterocycles. The molecule has 0 aliphatic carbocycles. The third-order valence-electron chi connectivity index (χ3n) is 2.37. The second-order valence-corrected chi connectivity index (χ2v) is 4.11. The van der Waals surface area contributed by atoms with Gasteiger partial charge in [0, 0.05) is 5.56 Å². The van der Waals surface area contributed by atoms with Gasteiger partial charge in [-0.1, -0.05) is 29.8 Å². The van der Waals surface area contributed by atoms with Gasteiger partial charge < -0.3 is 9.84 Å². The highest BCUT2D eigenvalue weighted by Gasteiger charge is 2.31. The lowest BCUT2D eigenvalue weighted by Crippen LogP contribution is -2.16. The number of hydrogen-bond acceptors (Lipinski definition) is 2. The van der Waals surface area contributed by atoms with Crippen LogP contribution in [0, 0.1) is 0 Å². The van der Waals surface area contributed by atoms with Crippen molar-refractivity contribution < 1.29 is 23.0 Å². The lowest BCUT2D eigenvalue weighted by Gasteiger charge is -2.10. The number of aromatic hydroxyl groups is 1. The molecule has 0 aliphatic heterocycles. The maximum absolute atomic E-state index is 12.0. The number of halogens is 4. The second kappa shape index (κ2) is 5.01. The highest BCUT2D eigenvalue weighted by Crippen LogP contribution is 2.36. The predicted octanol–water partition coefficient (Wildman–Crippen LogP) is 4.61. The van der Waals surface area contributed by atoms with Gasteiger partial charge in [0.15, 0.2) is 0 Å². The summed E-state index contributed by atoms with van der Waals surface area (Å²) in [5.74, 6) is -0.375. The van der Waals surface area contributed by atoms with Gasteiger partial charge in [0.25, 0.3) is 0 Å². The van der Waals surface area contributed by atoms with Crippen molar-refractivity contribution in [3.05, 3.63) is 47.5 Å². The van der Waals surface area contributed by atoms with Gasteiger partial charge in [-0.2, -0.15) is 0 Å². The molecular weight excluding hydrogens is 281 g/mol. The van der Waals surface area contributed by atoms with E-state index in [1.165, 1.54) is 18.2 Å². The Labute approximate surface area is 112 Å². The quantitative estimate of drug-likeness (QED) is 0.874. The lowest BCUT2D eigenvalue weighted by atomic mass is 10.0. The van der Waals surface area contributed by atoms with Crippen molar-refractivity contribution in [1.82, 2.24) is 0 Å². The topological polar surface area (TPSA) is 29.5 Å². The molecule has 0 atom stereocenters. The number of alkyl halides is 3. The maximum atomic E-state index is 12.0. The van der Waals surface area contributed by atoms with Crippen LogP contribution in [0.4, 0.5) is 13.2 Å². The molecule has 0 saturated heterocycles. The van der Waals surface area contributed by atoms with E-state index in [4.69, 9.17) is 11.6 Å². The summed E-state index contributed by atoms with van der Waals surface area (Å²) in [5.41, 5.74) is 0.861. The minimum Gasteiger partial charge on any atom is -0.507 e. The summed E-state index contributed by atoms with van der Waals surface area (Å²) < 4.78 is 39.8. The molecule has 0 aromatic heterocycles. The molecule has 6 heteroatoms. The van der Waals surface area contributed by atoms with Crippen molar-refractivity contribution in [3.63, 3.8) is 0 Å². The summed E-state index contributed by atoms with van der Waals surface area (Å²) in [6.07, 6.45) is -4.73. The fraction of sp³-hybridized carbons (Fsp3) is 0.0769. The van der Waals surface area contributed by atoms with Crippen LogP contribution in [0.3, 0.4) is 0 Å². The Morgan fingerprint density at radius 2 is 1.63 bits per heavy atom. The molecule has 0 bridgehead atoms. The number of phenolic OH excluding ortho intramolecular Hbond substituents is 1. The first-order chi connectivity index (χ1) is 8.87. The standard InChI is InChI=1S/C13H8ClF3O2/c14-10-2-1-3-11(18)12(10)8-4-6-9(7-5-8)19-13(15,16)17/h1-7,18H. The molecule has 2 aromatic carbocycles. The van der Waals surface area contributed by atoms with Crippen LogP contribution in [0.25, 0.3) is 11.1 Å². The largest absolute Gasteiger partial charge is 0.573 e. The normalized spacial score (nSPS) is 11.4. The third-order valence-corrected chi connectivity index (χ3v) is 2.68. The molecule has 1 N–H and O–H groups in total. The first kappa shape index (κ1) is 13.5. The van der Waals surface area contributed by atoms with Gasteiger partial charge in [0.05, 0.1) is 5.02 Å². The predicted molar refractivity (Wildman–Crippen MR) is 65.2 cm³/mol. The molecule has 0 amide bonds. The van der Waals surface area contributed by atoms with Crippen LogP contribution in [0.1, 0.15) is 0 Å². The summed E-state index contributed by atoms with van der Waals surface area (Å²) in [4.78, 5) is 0. The van der Waals surface area contributed by atoms with E-state index in [1.807, 2.05) is 0 Å². The van der Waals surface area contributed by atoms with Crippen molar-refractivity contribution in [3.8, 4) is 22.6 Å². The van der Waals surface area contributed by atoms with Gasteiger partial charge >= 0.3 is 6.36 Å². The summed E-state index contributed by atoms with van der Waals surface area (Å²) in [7, 11) is 0. The zero-order valence-corrected chi connectivity index (χ0v) is 10.2. The number of phenols is 1. The van der Waals surface area contributed by atoms with E-state index in [0.29, 0.717) is 16.1 Å².